The van der Waals surface area contributed by atoms with Crippen LogP contribution in [0.15, 0.2) is 30.6 Å². The maximum Gasteiger partial charge on any atom is 0.415 e. The summed E-state index contributed by atoms with van der Waals surface area (Å²) in [4.78, 5) is 26.5. The molecule has 9 heteroatoms. The number of carbonyl (C=O) groups is 2. The number of carbonyl (C=O) groups excluding carboxylic acids is 2. The second-order valence-corrected chi connectivity index (χ2v) is 7.23. The Morgan fingerprint density at radius 1 is 1.36 bits per heavy atom. The first-order valence-electron chi connectivity index (χ1n) is 9.19. The normalized spacial score (nSPS) is 23.3. The summed E-state index contributed by atoms with van der Waals surface area (Å²) >= 11 is 0. The quantitative estimate of drug-likeness (QED) is 0.750. The van der Waals surface area contributed by atoms with Crippen LogP contribution in [0.25, 0.3) is 5.57 Å². The summed E-state index contributed by atoms with van der Waals surface area (Å²) in [6, 6.07) is 3.08. The van der Waals surface area contributed by atoms with E-state index in [0.29, 0.717) is 43.7 Å². The highest BCUT2D eigenvalue weighted by atomic mass is 19.1. The molecule has 0 saturated carbocycles. The minimum atomic E-state index is -0.459. The maximum atomic E-state index is 14.9. The van der Waals surface area contributed by atoms with Crippen molar-refractivity contribution >= 4 is 23.8 Å². The molecule has 0 radical (unpaired) electrons. The van der Waals surface area contributed by atoms with Crippen molar-refractivity contribution < 1.29 is 18.7 Å². The Bertz CT molecular complexity index is 974. The molecule has 3 aliphatic rings. The van der Waals surface area contributed by atoms with Gasteiger partial charge >= 0.3 is 6.09 Å². The van der Waals surface area contributed by atoms with E-state index in [1.54, 1.807) is 26.9 Å². The van der Waals surface area contributed by atoms with Crippen molar-refractivity contribution in [2.75, 3.05) is 18.0 Å². The van der Waals surface area contributed by atoms with Crippen LogP contribution in [0.5, 0.6) is 0 Å². The van der Waals surface area contributed by atoms with Gasteiger partial charge in [0.05, 0.1) is 24.5 Å². The lowest BCUT2D eigenvalue weighted by Crippen LogP contribution is -2.35. The van der Waals surface area contributed by atoms with E-state index in [0.717, 1.165) is 17.5 Å². The number of fused-ring (bicyclic) bond motifs is 3. The lowest BCUT2D eigenvalue weighted by Gasteiger charge is -2.23. The van der Waals surface area contributed by atoms with Crippen LogP contribution in [-0.4, -0.2) is 57.6 Å². The van der Waals surface area contributed by atoms with Gasteiger partial charge in [0.1, 0.15) is 11.9 Å². The SMILES string of the molecule is O=CN1CC=C(c2cc3c(cc2F)N2C(=O)O[C@@H](Cn4ccnn4)[C@@H]2C3)CC1. The van der Waals surface area contributed by atoms with Gasteiger partial charge in [0.15, 0.2) is 0 Å². The zero-order valence-corrected chi connectivity index (χ0v) is 15.0. The Morgan fingerprint density at radius 3 is 2.96 bits per heavy atom. The van der Waals surface area contributed by atoms with Crippen molar-refractivity contribution in [1.29, 1.82) is 0 Å². The van der Waals surface area contributed by atoms with E-state index in [1.807, 2.05) is 12.1 Å². The van der Waals surface area contributed by atoms with Crippen LogP contribution in [0.4, 0.5) is 14.9 Å². The fourth-order valence-electron chi connectivity index (χ4n) is 4.23. The second kappa shape index (κ2) is 6.43. The minimum absolute atomic E-state index is 0.188. The Morgan fingerprint density at radius 2 is 2.25 bits per heavy atom. The Labute approximate surface area is 160 Å². The monoisotopic (exact) mass is 383 g/mol. The highest BCUT2D eigenvalue weighted by Gasteiger charge is 2.48. The number of ether oxygens (including phenoxy) is 1. The number of hydrogen-bond donors (Lipinski definition) is 0. The third-order valence-electron chi connectivity index (χ3n) is 5.64. The molecule has 0 unspecified atom stereocenters. The van der Waals surface area contributed by atoms with Crippen molar-refractivity contribution in [3.05, 3.63) is 47.5 Å². The molecule has 1 saturated heterocycles. The Balaban J connectivity index is 1.43. The van der Waals surface area contributed by atoms with Crippen LogP contribution in [0.3, 0.4) is 0 Å². The molecule has 2 aromatic rings. The number of cyclic esters (lactones) is 1. The van der Waals surface area contributed by atoms with E-state index in [-0.39, 0.29) is 18.0 Å². The average molecular weight is 383 g/mol. The van der Waals surface area contributed by atoms with Gasteiger partial charge in [-0.2, -0.15) is 0 Å². The average Bonchev–Trinajstić information content (AvgIpc) is 3.40. The molecule has 0 spiro atoms. The van der Waals surface area contributed by atoms with Gasteiger partial charge in [-0.3, -0.25) is 9.69 Å². The summed E-state index contributed by atoms with van der Waals surface area (Å²) in [6.45, 7) is 1.46. The first kappa shape index (κ1) is 16.9. The molecule has 3 aliphatic heterocycles. The summed E-state index contributed by atoms with van der Waals surface area (Å²) in [5.41, 5.74) is 2.95. The van der Waals surface area contributed by atoms with E-state index in [9.17, 15) is 14.0 Å². The molecule has 1 aromatic carbocycles. The number of benzene rings is 1. The van der Waals surface area contributed by atoms with Gasteiger partial charge in [0.2, 0.25) is 6.41 Å². The molecule has 2 atom stereocenters. The largest absolute Gasteiger partial charge is 0.442 e. The summed E-state index contributed by atoms with van der Waals surface area (Å²) in [6.07, 6.45) is 6.36. The standard InChI is InChI=1S/C19H18FN5O3/c20-15-9-16-13(7-14(15)12-1-4-23(11-26)5-2-12)8-17-18(28-19(27)25(16)17)10-24-6-3-21-22-24/h1,3,6-7,9,11,17-18H,2,4-5,8,10H2/t17-,18-/m0/s1. The fraction of sp³-hybridized carbons (Fsp3) is 0.368. The number of rotatable bonds is 4. The molecule has 5 rings (SSSR count). The molecule has 1 aromatic heterocycles. The van der Waals surface area contributed by atoms with Gasteiger partial charge in [-0.1, -0.05) is 11.3 Å². The van der Waals surface area contributed by atoms with Gasteiger partial charge in [-0.05, 0) is 36.1 Å². The van der Waals surface area contributed by atoms with Crippen LogP contribution >= 0.6 is 0 Å². The number of halogens is 1. The molecule has 8 nitrogen and oxygen atoms in total. The molecule has 144 valence electrons. The van der Waals surface area contributed by atoms with Gasteiger partial charge in [0.25, 0.3) is 0 Å². The van der Waals surface area contributed by atoms with Crippen LogP contribution in [-0.2, 0) is 22.5 Å². The van der Waals surface area contributed by atoms with Gasteiger partial charge in [-0.15, -0.1) is 5.10 Å². The van der Waals surface area contributed by atoms with E-state index in [2.05, 4.69) is 10.3 Å². The lowest BCUT2D eigenvalue weighted by molar-refractivity contribution is -0.117. The Hall–Kier alpha value is -3.23. The Kier molecular flexibility index (Phi) is 3.88. The van der Waals surface area contributed by atoms with E-state index < -0.39 is 6.09 Å². The third-order valence-corrected chi connectivity index (χ3v) is 5.64. The number of hydrogen-bond acceptors (Lipinski definition) is 5. The molecule has 28 heavy (non-hydrogen) atoms. The van der Waals surface area contributed by atoms with Crippen LogP contribution in [0.2, 0.25) is 0 Å². The first-order valence-corrected chi connectivity index (χ1v) is 9.19. The smallest absolute Gasteiger partial charge is 0.415 e. The number of amides is 2. The predicted octanol–water partition coefficient (Wildman–Crippen LogP) is 1.61. The molecular formula is C19H18FN5O3. The van der Waals surface area contributed by atoms with Crippen LogP contribution in [0.1, 0.15) is 17.5 Å². The van der Waals surface area contributed by atoms with Gasteiger partial charge < -0.3 is 9.64 Å². The predicted molar refractivity (Wildman–Crippen MR) is 96.9 cm³/mol. The van der Waals surface area contributed by atoms with Crippen molar-refractivity contribution in [2.45, 2.75) is 31.5 Å². The second-order valence-electron chi connectivity index (χ2n) is 7.23. The molecule has 1 fully saturated rings. The maximum absolute atomic E-state index is 14.9. The molecule has 4 heterocycles. The van der Waals surface area contributed by atoms with E-state index >= 15 is 0 Å². The number of anilines is 1. The van der Waals surface area contributed by atoms with Gasteiger partial charge in [-0.25, -0.2) is 13.9 Å². The van der Waals surface area contributed by atoms with Crippen LogP contribution < -0.4 is 4.90 Å². The lowest BCUT2D eigenvalue weighted by atomic mass is 9.95. The van der Waals surface area contributed by atoms with Crippen molar-refractivity contribution in [3.8, 4) is 0 Å². The molecule has 0 aliphatic carbocycles. The van der Waals surface area contributed by atoms with E-state index in [1.165, 1.54) is 6.07 Å². The molecule has 0 bridgehead atoms. The summed E-state index contributed by atoms with van der Waals surface area (Å²) < 4.78 is 22.0. The minimum Gasteiger partial charge on any atom is -0.442 e. The summed E-state index contributed by atoms with van der Waals surface area (Å²) in [7, 11) is 0. The molecule has 2 amide bonds. The highest BCUT2D eigenvalue weighted by molar-refractivity contribution is 5.94. The molecule has 0 N–H and O–H groups in total. The van der Waals surface area contributed by atoms with Crippen LogP contribution in [0, 0.1) is 5.82 Å². The fourth-order valence-corrected chi connectivity index (χ4v) is 4.23. The van der Waals surface area contributed by atoms with Crippen molar-refractivity contribution in [2.24, 2.45) is 0 Å². The zero-order chi connectivity index (χ0) is 19.3. The topological polar surface area (TPSA) is 80.6 Å². The molecular weight excluding hydrogens is 365 g/mol. The summed E-state index contributed by atoms with van der Waals surface area (Å²) in [5, 5.41) is 7.70. The summed E-state index contributed by atoms with van der Waals surface area (Å²) in [5.74, 6) is -0.363. The highest BCUT2D eigenvalue weighted by Crippen LogP contribution is 2.41. The number of nitrogens with zero attached hydrogens (tertiary/aromatic N) is 5. The van der Waals surface area contributed by atoms with Crippen molar-refractivity contribution in [3.63, 3.8) is 0 Å². The first-order chi connectivity index (χ1) is 13.6. The van der Waals surface area contributed by atoms with Crippen molar-refractivity contribution in [1.82, 2.24) is 19.9 Å². The number of aromatic nitrogens is 3. The van der Waals surface area contributed by atoms with E-state index in [4.69, 9.17) is 4.74 Å². The zero-order valence-electron chi connectivity index (χ0n) is 15.0. The van der Waals surface area contributed by atoms with Gasteiger partial charge in [0, 0.05) is 24.8 Å². The third kappa shape index (κ3) is 2.65.